The number of nitrogens with zero attached hydrogens (tertiary/aromatic N) is 2. The van der Waals surface area contributed by atoms with Gasteiger partial charge in [-0.1, -0.05) is 0 Å². The Labute approximate surface area is 125 Å². The molecule has 21 heavy (non-hydrogen) atoms. The van der Waals surface area contributed by atoms with E-state index in [-0.39, 0.29) is 6.09 Å². The molecule has 0 saturated carbocycles. The monoisotopic (exact) mass is 294 g/mol. The SMILES string of the molecule is Cc1cc(CC2CCN(C(=O)OC(C)(C)C)C2)cc(F)n1. The number of carbonyl (C=O) groups is 1. The lowest BCUT2D eigenvalue weighted by Gasteiger charge is -2.24. The van der Waals surface area contributed by atoms with Crippen molar-refractivity contribution in [2.24, 2.45) is 5.92 Å². The molecule has 0 aliphatic carbocycles. The summed E-state index contributed by atoms with van der Waals surface area (Å²) in [4.78, 5) is 17.5. The number of carbonyl (C=O) groups excluding carboxylic acids is 1. The third kappa shape index (κ3) is 4.69. The van der Waals surface area contributed by atoms with Crippen molar-refractivity contribution >= 4 is 6.09 Å². The number of amides is 1. The third-order valence-corrected chi connectivity index (χ3v) is 3.44. The van der Waals surface area contributed by atoms with Gasteiger partial charge in [0.25, 0.3) is 0 Å². The van der Waals surface area contributed by atoms with Crippen LogP contribution in [0.1, 0.15) is 38.4 Å². The van der Waals surface area contributed by atoms with Crippen LogP contribution in [0.15, 0.2) is 12.1 Å². The molecular formula is C16H23FN2O2. The number of aryl methyl sites for hydroxylation is 1. The zero-order chi connectivity index (χ0) is 15.6. The van der Waals surface area contributed by atoms with Crippen LogP contribution in [0.4, 0.5) is 9.18 Å². The lowest BCUT2D eigenvalue weighted by Crippen LogP contribution is -2.35. The molecule has 1 aromatic heterocycles. The van der Waals surface area contributed by atoms with Gasteiger partial charge in [-0.3, -0.25) is 0 Å². The largest absolute Gasteiger partial charge is 0.444 e. The van der Waals surface area contributed by atoms with Crippen LogP contribution in [0.2, 0.25) is 0 Å². The molecule has 2 heterocycles. The lowest BCUT2D eigenvalue weighted by atomic mass is 9.99. The second-order valence-corrected chi connectivity index (χ2v) is 6.72. The fourth-order valence-corrected chi connectivity index (χ4v) is 2.64. The maximum Gasteiger partial charge on any atom is 0.410 e. The van der Waals surface area contributed by atoms with Crippen LogP contribution in [0.5, 0.6) is 0 Å². The van der Waals surface area contributed by atoms with E-state index in [9.17, 15) is 9.18 Å². The summed E-state index contributed by atoms with van der Waals surface area (Å²) in [6.07, 6.45) is 1.42. The van der Waals surface area contributed by atoms with Crippen LogP contribution in [-0.4, -0.2) is 34.7 Å². The van der Waals surface area contributed by atoms with Crippen molar-refractivity contribution in [2.45, 2.75) is 46.1 Å². The van der Waals surface area contributed by atoms with Gasteiger partial charge in [0.1, 0.15) is 5.60 Å². The highest BCUT2D eigenvalue weighted by atomic mass is 19.1. The number of rotatable bonds is 2. The summed E-state index contributed by atoms with van der Waals surface area (Å²) in [7, 11) is 0. The van der Waals surface area contributed by atoms with E-state index in [1.165, 1.54) is 6.07 Å². The smallest absolute Gasteiger partial charge is 0.410 e. The highest BCUT2D eigenvalue weighted by molar-refractivity contribution is 5.68. The van der Waals surface area contributed by atoms with Gasteiger partial charge in [-0.05, 0) is 64.2 Å². The van der Waals surface area contributed by atoms with E-state index in [1.54, 1.807) is 11.8 Å². The van der Waals surface area contributed by atoms with Crippen molar-refractivity contribution in [3.05, 3.63) is 29.3 Å². The quantitative estimate of drug-likeness (QED) is 0.786. The molecule has 4 nitrogen and oxygen atoms in total. The Balaban J connectivity index is 1.92. The fraction of sp³-hybridized carbons (Fsp3) is 0.625. The van der Waals surface area contributed by atoms with E-state index in [0.717, 1.165) is 18.4 Å². The first-order valence-corrected chi connectivity index (χ1v) is 7.34. The Kier molecular flexibility index (Phi) is 4.49. The van der Waals surface area contributed by atoms with Gasteiger partial charge in [-0.25, -0.2) is 9.78 Å². The van der Waals surface area contributed by atoms with E-state index in [2.05, 4.69) is 4.98 Å². The second kappa shape index (κ2) is 6.00. The predicted octanol–water partition coefficient (Wildman–Crippen LogP) is 3.33. The molecule has 2 rings (SSSR count). The van der Waals surface area contributed by atoms with E-state index in [1.807, 2.05) is 26.8 Å². The van der Waals surface area contributed by atoms with Crippen molar-refractivity contribution in [2.75, 3.05) is 13.1 Å². The van der Waals surface area contributed by atoms with E-state index < -0.39 is 11.5 Å². The number of hydrogen-bond acceptors (Lipinski definition) is 3. The first kappa shape index (κ1) is 15.7. The summed E-state index contributed by atoms with van der Waals surface area (Å²) in [6.45, 7) is 8.74. The molecule has 1 aromatic rings. The molecule has 1 atom stereocenters. The number of ether oxygens (including phenoxy) is 1. The van der Waals surface area contributed by atoms with Gasteiger partial charge in [0.15, 0.2) is 0 Å². The maximum absolute atomic E-state index is 13.3. The molecule has 0 N–H and O–H groups in total. The van der Waals surface area contributed by atoms with Gasteiger partial charge < -0.3 is 9.64 Å². The Hall–Kier alpha value is -1.65. The summed E-state index contributed by atoms with van der Waals surface area (Å²) >= 11 is 0. The molecule has 1 unspecified atom stereocenters. The van der Waals surface area contributed by atoms with E-state index in [0.29, 0.717) is 24.7 Å². The van der Waals surface area contributed by atoms with Gasteiger partial charge >= 0.3 is 6.09 Å². The van der Waals surface area contributed by atoms with Crippen LogP contribution in [-0.2, 0) is 11.2 Å². The number of aromatic nitrogens is 1. The van der Waals surface area contributed by atoms with Gasteiger partial charge in [0, 0.05) is 18.8 Å². The Morgan fingerprint density at radius 1 is 1.48 bits per heavy atom. The summed E-state index contributed by atoms with van der Waals surface area (Å²) in [5.74, 6) is -0.0919. The van der Waals surface area contributed by atoms with Crippen LogP contribution in [0.3, 0.4) is 0 Å². The Morgan fingerprint density at radius 2 is 2.19 bits per heavy atom. The average Bonchev–Trinajstić information content (AvgIpc) is 2.73. The third-order valence-electron chi connectivity index (χ3n) is 3.44. The van der Waals surface area contributed by atoms with E-state index in [4.69, 9.17) is 4.74 Å². The normalized spacial score (nSPS) is 18.9. The van der Waals surface area contributed by atoms with Gasteiger partial charge in [-0.15, -0.1) is 0 Å². The van der Waals surface area contributed by atoms with Crippen LogP contribution < -0.4 is 0 Å². The summed E-state index contributed by atoms with van der Waals surface area (Å²) in [5, 5.41) is 0. The first-order chi connectivity index (χ1) is 9.73. The summed E-state index contributed by atoms with van der Waals surface area (Å²) in [5.41, 5.74) is 1.16. The average molecular weight is 294 g/mol. The van der Waals surface area contributed by atoms with Gasteiger partial charge in [0.2, 0.25) is 5.95 Å². The Bertz CT molecular complexity index is 505. The molecule has 1 saturated heterocycles. The molecule has 1 aliphatic rings. The molecule has 0 bridgehead atoms. The van der Waals surface area contributed by atoms with Crippen molar-refractivity contribution in [1.29, 1.82) is 0 Å². The highest BCUT2D eigenvalue weighted by Gasteiger charge is 2.29. The standard InChI is InChI=1S/C16H23FN2O2/c1-11-7-13(9-14(17)18-11)8-12-5-6-19(10-12)15(20)21-16(2,3)4/h7,9,12H,5-6,8,10H2,1-4H3. The van der Waals surface area contributed by atoms with Crippen molar-refractivity contribution in [1.82, 2.24) is 9.88 Å². The molecule has 0 aromatic carbocycles. The van der Waals surface area contributed by atoms with Gasteiger partial charge in [-0.2, -0.15) is 4.39 Å². The Morgan fingerprint density at radius 3 is 2.81 bits per heavy atom. The molecule has 116 valence electrons. The maximum atomic E-state index is 13.3. The first-order valence-electron chi connectivity index (χ1n) is 7.34. The van der Waals surface area contributed by atoms with Gasteiger partial charge in [0.05, 0.1) is 0 Å². The molecule has 5 heteroatoms. The molecule has 1 aliphatic heterocycles. The molecular weight excluding hydrogens is 271 g/mol. The van der Waals surface area contributed by atoms with Crippen molar-refractivity contribution in [3.63, 3.8) is 0 Å². The minimum Gasteiger partial charge on any atom is -0.444 e. The van der Waals surface area contributed by atoms with Crippen LogP contribution >= 0.6 is 0 Å². The summed E-state index contributed by atoms with van der Waals surface area (Å²) in [6, 6.07) is 3.38. The predicted molar refractivity (Wildman–Crippen MR) is 78.6 cm³/mol. The molecule has 1 fully saturated rings. The van der Waals surface area contributed by atoms with Crippen LogP contribution in [0, 0.1) is 18.8 Å². The molecule has 1 amide bonds. The van der Waals surface area contributed by atoms with Crippen molar-refractivity contribution in [3.8, 4) is 0 Å². The molecule has 0 spiro atoms. The number of pyridine rings is 1. The fourth-order valence-electron chi connectivity index (χ4n) is 2.64. The topological polar surface area (TPSA) is 42.4 Å². The zero-order valence-corrected chi connectivity index (χ0v) is 13.1. The number of halogens is 1. The van der Waals surface area contributed by atoms with Crippen LogP contribution in [0.25, 0.3) is 0 Å². The second-order valence-electron chi connectivity index (χ2n) is 6.72. The zero-order valence-electron chi connectivity index (χ0n) is 13.1. The lowest BCUT2D eigenvalue weighted by molar-refractivity contribution is 0.0288. The highest BCUT2D eigenvalue weighted by Crippen LogP contribution is 2.23. The summed E-state index contributed by atoms with van der Waals surface area (Å²) < 4.78 is 18.7. The molecule has 0 radical (unpaired) electrons. The number of likely N-dealkylation sites (tertiary alicyclic amines) is 1. The van der Waals surface area contributed by atoms with Crippen molar-refractivity contribution < 1.29 is 13.9 Å². The minimum absolute atomic E-state index is 0.262. The number of hydrogen-bond donors (Lipinski definition) is 0. The van der Waals surface area contributed by atoms with E-state index >= 15 is 0 Å². The minimum atomic E-state index is -0.472.